The van der Waals surface area contributed by atoms with Crippen LogP contribution in [-0.4, -0.2) is 18.0 Å². The summed E-state index contributed by atoms with van der Waals surface area (Å²) in [5.41, 5.74) is 1.26. The molecule has 0 bridgehead atoms. The SMILES string of the molecule is C[C@@H](OC(=O)Cc1ccccc1)C(=O)Nc1ccc(F)cc1. The molecule has 22 heavy (non-hydrogen) atoms. The Balaban J connectivity index is 1.85. The van der Waals surface area contributed by atoms with E-state index in [1.165, 1.54) is 31.2 Å². The van der Waals surface area contributed by atoms with Crippen molar-refractivity contribution in [3.05, 3.63) is 66.0 Å². The van der Waals surface area contributed by atoms with Gasteiger partial charge in [-0.3, -0.25) is 9.59 Å². The maximum absolute atomic E-state index is 12.8. The minimum atomic E-state index is -0.929. The summed E-state index contributed by atoms with van der Waals surface area (Å²) < 4.78 is 17.9. The zero-order valence-corrected chi connectivity index (χ0v) is 12.1. The van der Waals surface area contributed by atoms with Gasteiger partial charge in [-0.2, -0.15) is 0 Å². The second-order valence-corrected chi connectivity index (χ2v) is 4.79. The molecule has 1 atom stereocenters. The van der Waals surface area contributed by atoms with Gasteiger partial charge in [0.1, 0.15) is 5.82 Å². The van der Waals surface area contributed by atoms with Crippen LogP contribution >= 0.6 is 0 Å². The molecular weight excluding hydrogens is 285 g/mol. The standard InChI is InChI=1S/C17H16FNO3/c1-12(17(21)19-15-9-7-14(18)8-10-15)22-16(20)11-13-5-3-2-4-6-13/h2-10,12H,11H2,1H3,(H,19,21)/t12-/m1/s1. The van der Waals surface area contributed by atoms with Crippen molar-refractivity contribution in [2.45, 2.75) is 19.4 Å². The molecule has 0 aliphatic rings. The minimum Gasteiger partial charge on any atom is -0.452 e. The van der Waals surface area contributed by atoms with Crippen LogP contribution < -0.4 is 5.32 Å². The van der Waals surface area contributed by atoms with Crippen molar-refractivity contribution >= 4 is 17.6 Å². The molecule has 0 heterocycles. The van der Waals surface area contributed by atoms with Crippen molar-refractivity contribution in [1.29, 1.82) is 0 Å². The maximum Gasteiger partial charge on any atom is 0.311 e. The molecule has 1 N–H and O–H groups in total. The third-order valence-electron chi connectivity index (χ3n) is 2.98. The summed E-state index contributed by atoms with van der Waals surface area (Å²) in [6, 6.07) is 14.5. The molecule has 5 heteroatoms. The Bertz CT molecular complexity index is 641. The molecule has 1 amide bonds. The lowest BCUT2D eigenvalue weighted by atomic mass is 10.1. The highest BCUT2D eigenvalue weighted by Gasteiger charge is 2.18. The third-order valence-corrected chi connectivity index (χ3v) is 2.98. The number of esters is 1. The van der Waals surface area contributed by atoms with Crippen LogP contribution in [-0.2, 0) is 20.7 Å². The largest absolute Gasteiger partial charge is 0.452 e. The molecular formula is C17H16FNO3. The first-order chi connectivity index (χ1) is 10.5. The first kappa shape index (κ1) is 15.7. The molecule has 0 radical (unpaired) electrons. The van der Waals surface area contributed by atoms with E-state index in [0.29, 0.717) is 5.69 Å². The number of rotatable bonds is 5. The van der Waals surface area contributed by atoms with Crippen LogP contribution in [0.1, 0.15) is 12.5 Å². The number of nitrogens with one attached hydrogen (secondary N) is 1. The molecule has 0 spiro atoms. The van der Waals surface area contributed by atoms with Gasteiger partial charge in [0.05, 0.1) is 6.42 Å². The van der Waals surface area contributed by atoms with Crippen molar-refractivity contribution in [2.24, 2.45) is 0 Å². The molecule has 114 valence electrons. The Morgan fingerprint density at radius 3 is 2.36 bits per heavy atom. The fraction of sp³-hybridized carbons (Fsp3) is 0.176. The van der Waals surface area contributed by atoms with Crippen LogP contribution in [0, 0.1) is 5.82 Å². The van der Waals surface area contributed by atoms with Crippen LogP contribution in [0.5, 0.6) is 0 Å². The fourth-order valence-electron chi connectivity index (χ4n) is 1.83. The Hall–Kier alpha value is -2.69. The van der Waals surface area contributed by atoms with E-state index in [9.17, 15) is 14.0 Å². The molecule has 4 nitrogen and oxygen atoms in total. The van der Waals surface area contributed by atoms with Gasteiger partial charge < -0.3 is 10.1 Å². The summed E-state index contributed by atoms with van der Waals surface area (Å²) in [5, 5.41) is 2.56. The van der Waals surface area contributed by atoms with Gasteiger partial charge in [0.15, 0.2) is 6.10 Å². The first-order valence-corrected chi connectivity index (χ1v) is 6.84. The second-order valence-electron chi connectivity index (χ2n) is 4.79. The van der Waals surface area contributed by atoms with E-state index in [1.807, 2.05) is 30.3 Å². The number of carbonyl (C=O) groups excluding carboxylic acids is 2. The van der Waals surface area contributed by atoms with Crippen LogP contribution in [0.4, 0.5) is 10.1 Å². The number of hydrogen-bond acceptors (Lipinski definition) is 3. The number of anilines is 1. The predicted octanol–water partition coefficient (Wildman–Crippen LogP) is 2.94. The van der Waals surface area contributed by atoms with Gasteiger partial charge in [-0.1, -0.05) is 30.3 Å². The number of carbonyl (C=O) groups is 2. The summed E-state index contributed by atoms with van der Waals surface area (Å²) in [6.07, 6.45) is -0.823. The van der Waals surface area contributed by atoms with Gasteiger partial charge >= 0.3 is 5.97 Å². The van der Waals surface area contributed by atoms with E-state index in [0.717, 1.165) is 5.56 Å². The predicted molar refractivity (Wildman–Crippen MR) is 80.7 cm³/mol. The quantitative estimate of drug-likeness (QED) is 0.864. The lowest BCUT2D eigenvalue weighted by Crippen LogP contribution is -2.30. The average molecular weight is 301 g/mol. The lowest BCUT2D eigenvalue weighted by molar-refractivity contribution is -0.152. The van der Waals surface area contributed by atoms with E-state index in [1.54, 1.807) is 0 Å². The van der Waals surface area contributed by atoms with Crippen LogP contribution in [0.15, 0.2) is 54.6 Å². The molecule has 0 saturated heterocycles. The summed E-state index contributed by atoms with van der Waals surface area (Å²) in [4.78, 5) is 23.7. The average Bonchev–Trinajstić information content (AvgIpc) is 2.50. The van der Waals surface area contributed by atoms with Crippen LogP contribution in [0.25, 0.3) is 0 Å². The Morgan fingerprint density at radius 1 is 1.09 bits per heavy atom. The highest BCUT2D eigenvalue weighted by Crippen LogP contribution is 2.10. The summed E-state index contributed by atoms with van der Waals surface area (Å²) >= 11 is 0. The first-order valence-electron chi connectivity index (χ1n) is 6.84. The van der Waals surface area contributed by atoms with Gasteiger partial charge in [-0.05, 0) is 36.8 Å². The Kier molecular flexibility index (Phi) is 5.25. The molecule has 2 rings (SSSR count). The van der Waals surface area contributed by atoms with Crippen molar-refractivity contribution in [2.75, 3.05) is 5.32 Å². The number of ether oxygens (including phenoxy) is 1. The number of halogens is 1. The molecule has 0 aliphatic heterocycles. The monoisotopic (exact) mass is 301 g/mol. The highest BCUT2D eigenvalue weighted by atomic mass is 19.1. The molecule has 0 aliphatic carbocycles. The second kappa shape index (κ2) is 7.36. The van der Waals surface area contributed by atoms with Gasteiger partial charge in [0.25, 0.3) is 5.91 Å². The summed E-state index contributed by atoms with van der Waals surface area (Å²) in [5.74, 6) is -1.33. The van der Waals surface area contributed by atoms with E-state index < -0.39 is 18.0 Å². The van der Waals surface area contributed by atoms with Crippen molar-refractivity contribution in [1.82, 2.24) is 0 Å². The van der Waals surface area contributed by atoms with Crippen LogP contribution in [0.2, 0.25) is 0 Å². The molecule has 0 fully saturated rings. The smallest absolute Gasteiger partial charge is 0.311 e. The topological polar surface area (TPSA) is 55.4 Å². The third kappa shape index (κ3) is 4.70. The van der Waals surface area contributed by atoms with Crippen LogP contribution in [0.3, 0.4) is 0 Å². The Morgan fingerprint density at radius 2 is 1.73 bits per heavy atom. The van der Waals surface area contributed by atoms with Gasteiger partial charge in [-0.25, -0.2) is 4.39 Å². The van der Waals surface area contributed by atoms with E-state index >= 15 is 0 Å². The minimum absolute atomic E-state index is 0.106. The highest BCUT2D eigenvalue weighted by molar-refractivity contribution is 5.95. The van der Waals surface area contributed by atoms with Crippen molar-refractivity contribution < 1.29 is 18.7 Å². The van der Waals surface area contributed by atoms with E-state index in [4.69, 9.17) is 4.74 Å². The summed E-state index contributed by atoms with van der Waals surface area (Å²) in [6.45, 7) is 1.49. The zero-order valence-electron chi connectivity index (χ0n) is 12.1. The summed E-state index contributed by atoms with van der Waals surface area (Å²) in [7, 11) is 0. The van der Waals surface area contributed by atoms with E-state index in [2.05, 4.69) is 5.32 Å². The van der Waals surface area contributed by atoms with E-state index in [-0.39, 0.29) is 12.2 Å². The molecule has 2 aromatic carbocycles. The molecule has 0 unspecified atom stereocenters. The fourth-order valence-corrected chi connectivity index (χ4v) is 1.83. The number of amides is 1. The zero-order chi connectivity index (χ0) is 15.9. The lowest BCUT2D eigenvalue weighted by Gasteiger charge is -2.13. The van der Waals surface area contributed by atoms with Gasteiger partial charge in [0.2, 0.25) is 0 Å². The molecule has 0 saturated carbocycles. The normalized spacial score (nSPS) is 11.5. The number of benzene rings is 2. The van der Waals surface area contributed by atoms with Crippen molar-refractivity contribution in [3.63, 3.8) is 0 Å². The van der Waals surface area contributed by atoms with Gasteiger partial charge in [0, 0.05) is 5.69 Å². The maximum atomic E-state index is 12.8. The molecule has 2 aromatic rings. The Labute approximate surface area is 127 Å². The van der Waals surface area contributed by atoms with Crippen molar-refractivity contribution in [3.8, 4) is 0 Å². The number of hydrogen-bond donors (Lipinski definition) is 1. The molecule has 0 aromatic heterocycles. The van der Waals surface area contributed by atoms with Gasteiger partial charge in [-0.15, -0.1) is 0 Å².